The number of hydrogen-bond donors (Lipinski definition) is 2. The quantitative estimate of drug-likeness (QED) is 0.354. The Kier molecular flexibility index (Phi) is 4.46. The average Bonchev–Trinajstić information content (AvgIpc) is 2.98. The van der Waals surface area contributed by atoms with Crippen LogP contribution in [0.5, 0.6) is 5.75 Å². The van der Waals surface area contributed by atoms with Crippen LogP contribution in [0, 0.1) is 6.92 Å². The van der Waals surface area contributed by atoms with Gasteiger partial charge in [-0.2, -0.15) is 0 Å². The summed E-state index contributed by atoms with van der Waals surface area (Å²) in [5.41, 5.74) is 7.05. The fraction of sp³-hybridized carbons (Fsp3) is 0.200. The highest BCUT2D eigenvalue weighted by Gasteiger charge is 2.55. The number of quaternary nitrogens is 1. The number of fused-ring (bicyclic) bond motifs is 3. The number of carbonyl (C=O) groups is 1. The van der Waals surface area contributed by atoms with Crippen LogP contribution in [0.25, 0.3) is 0 Å². The molecule has 2 unspecified atom stereocenters. The van der Waals surface area contributed by atoms with E-state index >= 15 is 0 Å². The second-order valence-corrected chi connectivity index (χ2v) is 7.47. The van der Waals surface area contributed by atoms with Gasteiger partial charge in [-0.05, 0) is 38.2 Å². The molecule has 0 bridgehead atoms. The molecule has 2 heterocycles. The number of rotatable bonds is 3. The standard InChI is InChI=1S/C20H18N2O3S2/c1-3-24-19(23)17-16-18(14-6-4-5-7-15(14)25-20(16)26)22(27,21-17)13-10-8-12(2)9-11-13/h4-11,18,27H,3H2,1-2H3/p+1. The van der Waals surface area contributed by atoms with Gasteiger partial charge in [-0.15, -0.1) is 4.00 Å². The maximum absolute atomic E-state index is 12.6. The van der Waals surface area contributed by atoms with Gasteiger partial charge in [0.25, 0.3) is 0 Å². The van der Waals surface area contributed by atoms with Crippen LogP contribution in [0.4, 0.5) is 5.69 Å². The summed E-state index contributed by atoms with van der Waals surface area (Å²) >= 11 is 10.5. The maximum atomic E-state index is 12.6. The first-order valence-corrected chi connectivity index (χ1v) is 9.46. The fourth-order valence-corrected chi connectivity index (χ4v) is 4.26. The molecular formula is C20H19N2O3S2+. The number of esters is 1. The zero-order valence-electron chi connectivity index (χ0n) is 14.9. The lowest BCUT2D eigenvalue weighted by Gasteiger charge is -2.35. The molecule has 2 atom stereocenters. The molecule has 27 heavy (non-hydrogen) atoms. The molecule has 2 aromatic carbocycles. The molecule has 1 N–H and O–H groups in total. The Balaban J connectivity index is 1.93. The smallest absolute Gasteiger partial charge is 0.360 e. The van der Waals surface area contributed by atoms with Gasteiger partial charge in [-0.1, -0.05) is 29.8 Å². The summed E-state index contributed by atoms with van der Waals surface area (Å²) in [5, 5.41) is 0.260. The molecule has 5 nitrogen and oxygen atoms in total. The van der Waals surface area contributed by atoms with Crippen LogP contribution in [0.1, 0.15) is 24.1 Å². The minimum atomic E-state index is -0.469. The lowest BCUT2D eigenvalue weighted by atomic mass is 9.94. The molecule has 0 saturated carbocycles. The topological polar surface area (TPSA) is 47.6 Å². The molecule has 2 aromatic rings. The molecule has 0 spiro atoms. The average molecular weight is 400 g/mol. The van der Waals surface area contributed by atoms with Crippen molar-refractivity contribution in [3.05, 3.63) is 70.9 Å². The van der Waals surface area contributed by atoms with Crippen molar-refractivity contribution < 1.29 is 14.3 Å². The van der Waals surface area contributed by atoms with E-state index in [1.807, 2.05) is 55.5 Å². The highest BCUT2D eigenvalue weighted by Crippen LogP contribution is 2.51. The van der Waals surface area contributed by atoms with E-state index in [0.717, 1.165) is 16.8 Å². The first-order valence-electron chi connectivity index (χ1n) is 8.65. The molecule has 0 aromatic heterocycles. The number of ether oxygens (including phenoxy) is 2. The first kappa shape index (κ1) is 18.0. The second-order valence-electron chi connectivity index (χ2n) is 6.47. The maximum Gasteiger partial charge on any atom is 0.360 e. The normalized spacial score (nSPS) is 23.2. The molecule has 0 radical (unpaired) electrons. The van der Waals surface area contributed by atoms with Crippen molar-refractivity contribution in [3.8, 4) is 5.75 Å². The molecule has 4 rings (SSSR count). The molecular weight excluding hydrogens is 380 g/mol. The monoisotopic (exact) mass is 399 g/mol. The third kappa shape index (κ3) is 2.82. The van der Waals surface area contributed by atoms with Crippen LogP contribution >= 0.6 is 25.0 Å². The number of nitrogens with one attached hydrogen (secondary N) is 1. The number of para-hydroxylation sites is 1. The van der Waals surface area contributed by atoms with E-state index in [2.05, 4.69) is 5.43 Å². The van der Waals surface area contributed by atoms with E-state index in [0.29, 0.717) is 11.3 Å². The predicted octanol–water partition coefficient (Wildman–Crippen LogP) is 3.94. The van der Waals surface area contributed by atoms with Gasteiger partial charge in [0.05, 0.1) is 25.0 Å². The van der Waals surface area contributed by atoms with Crippen molar-refractivity contribution in [3.63, 3.8) is 0 Å². The van der Waals surface area contributed by atoms with Gasteiger partial charge in [0.15, 0.2) is 17.4 Å². The summed E-state index contributed by atoms with van der Waals surface area (Å²) in [6, 6.07) is 15.3. The molecule has 7 heteroatoms. The number of benzene rings is 2. The summed E-state index contributed by atoms with van der Waals surface area (Å²) in [4.78, 5) is 12.6. The van der Waals surface area contributed by atoms with E-state index in [4.69, 9.17) is 34.5 Å². The Labute approximate surface area is 168 Å². The Hall–Kier alpha value is -2.35. The van der Waals surface area contributed by atoms with E-state index in [1.165, 1.54) is 0 Å². The first-order chi connectivity index (χ1) is 13.0. The van der Waals surface area contributed by atoms with Crippen molar-refractivity contribution in [2.75, 3.05) is 6.61 Å². The van der Waals surface area contributed by atoms with Gasteiger partial charge in [0, 0.05) is 12.1 Å². The Morgan fingerprint density at radius 1 is 1.26 bits per heavy atom. The lowest BCUT2D eigenvalue weighted by molar-refractivity contribution is -0.139. The molecule has 0 amide bonds. The van der Waals surface area contributed by atoms with Gasteiger partial charge >= 0.3 is 5.97 Å². The van der Waals surface area contributed by atoms with Crippen molar-refractivity contribution in [2.45, 2.75) is 19.9 Å². The SMILES string of the molecule is CCOC(=O)C1=C2C(=S)Oc3ccccc3C2[N+](S)(c2ccc(C)cc2)N1. The van der Waals surface area contributed by atoms with Crippen molar-refractivity contribution >= 4 is 41.7 Å². The molecule has 2 aliphatic rings. The highest BCUT2D eigenvalue weighted by atomic mass is 32.1. The Morgan fingerprint density at radius 2 is 1.96 bits per heavy atom. The number of aryl methyl sites for hydroxylation is 1. The number of carbonyl (C=O) groups excluding carboxylic acids is 1. The van der Waals surface area contributed by atoms with E-state index in [1.54, 1.807) is 6.92 Å². The van der Waals surface area contributed by atoms with Crippen LogP contribution in [0.15, 0.2) is 59.8 Å². The fourth-order valence-electron chi connectivity index (χ4n) is 3.49. The van der Waals surface area contributed by atoms with Crippen molar-refractivity contribution in [2.24, 2.45) is 0 Å². The molecule has 0 fully saturated rings. The van der Waals surface area contributed by atoms with E-state index in [9.17, 15) is 4.79 Å². The number of hydrogen-bond acceptors (Lipinski definition) is 6. The lowest BCUT2D eigenvalue weighted by Crippen LogP contribution is -2.50. The highest BCUT2D eigenvalue weighted by molar-refractivity contribution is 7.80. The van der Waals surface area contributed by atoms with E-state index < -0.39 is 5.97 Å². The minimum Gasteiger partial charge on any atom is -0.461 e. The summed E-state index contributed by atoms with van der Waals surface area (Å²) in [6.45, 7) is 4.06. The zero-order chi connectivity index (χ0) is 19.2. The van der Waals surface area contributed by atoms with Crippen LogP contribution in [-0.2, 0) is 9.53 Å². The van der Waals surface area contributed by atoms with Crippen molar-refractivity contribution in [1.82, 2.24) is 9.42 Å². The van der Waals surface area contributed by atoms with Gasteiger partial charge in [0.1, 0.15) is 11.3 Å². The van der Waals surface area contributed by atoms with Gasteiger partial charge in [0.2, 0.25) is 5.05 Å². The van der Waals surface area contributed by atoms with Crippen LogP contribution in [-0.4, -0.2) is 17.6 Å². The van der Waals surface area contributed by atoms with E-state index in [-0.39, 0.29) is 27.4 Å². The summed E-state index contributed by atoms with van der Waals surface area (Å²) in [6.07, 6.45) is 0. The Morgan fingerprint density at radius 3 is 2.67 bits per heavy atom. The molecule has 0 saturated heterocycles. The zero-order valence-corrected chi connectivity index (χ0v) is 16.6. The van der Waals surface area contributed by atoms with Crippen LogP contribution < -0.4 is 14.2 Å². The van der Waals surface area contributed by atoms with Crippen LogP contribution in [0.2, 0.25) is 0 Å². The van der Waals surface area contributed by atoms with Crippen molar-refractivity contribution in [1.29, 1.82) is 0 Å². The number of nitrogens with zero attached hydrogens (tertiary/aromatic N) is 1. The molecule has 138 valence electrons. The third-order valence-electron chi connectivity index (χ3n) is 4.74. The largest absolute Gasteiger partial charge is 0.461 e. The van der Waals surface area contributed by atoms with Gasteiger partial charge in [-0.25, -0.2) is 10.2 Å². The predicted molar refractivity (Wildman–Crippen MR) is 111 cm³/mol. The third-order valence-corrected chi connectivity index (χ3v) is 5.61. The molecule has 0 aliphatic carbocycles. The van der Waals surface area contributed by atoms with Gasteiger partial charge < -0.3 is 9.47 Å². The number of thiol groups is 1. The Bertz CT molecular complexity index is 971. The second kappa shape index (κ2) is 6.67. The van der Waals surface area contributed by atoms with Gasteiger partial charge in [-0.3, -0.25) is 0 Å². The number of thiocarbonyl (C=S) groups is 1. The van der Waals surface area contributed by atoms with Crippen LogP contribution in [0.3, 0.4) is 0 Å². The minimum absolute atomic E-state index is 0.0235. The summed E-state index contributed by atoms with van der Waals surface area (Å²) < 4.78 is 11.1. The summed E-state index contributed by atoms with van der Waals surface area (Å²) in [7, 11) is 0. The summed E-state index contributed by atoms with van der Waals surface area (Å²) in [5.74, 6) is 0.204. The molecule has 2 aliphatic heterocycles.